The highest BCUT2D eigenvalue weighted by Crippen LogP contribution is 2.19. The van der Waals surface area contributed by atoms with Crippen LogP contribution in [0.5, 0.6) is 11.5 Å². The molecule has 0 atom stereocenters. The number of likely N-dealkylation sites (N-methyl/N-ethyl adjacent to an activating group) is 1. The van der Waals surface area contributed by atoms with E-state index in [4.69, 9.17) is 14.0 Å². The third-order valence-corrected chi connectivity index (χ3v) is 4.24. The van der Waals surface area contributed by atoms with E-state index < -0.39 is 0 Å². The molecule has 1 amide bonds. The van der Waals surface area contributed by atoms with Crippen LogP contribution in [-0.4, -0.2) is 41.2 Å². The van der Waals surface area contributed by atoms with Crippen LogP contribution in [0.1, 0.15) is 18.4 Å². The fourth-order valence-corrected chi connectivity index (χ4v) is 2.61. The molecule has 2 aromatic carbocycles. The Morgan fingerprint density at radius 2 is 1.89 bits per heavy atom. The topological polar surface area (TPSA) is 77.7 Å². The molecule has 7 heteroatoms. The predicted molar refractivity (Wildman–Crippen MR) is 104 cm³/mol. The normalized spacial score (nSPS) is 10.5. The molecule has 7 nitrogen and oxygen atoms in total. The minimum atomic E-state index is -0.166. The number of nitrogens with zero attached hydrogens (tertiary/aromatic N) is 3. The number of methoxy groups -OCH3 is 1. The Balaban J connectivity index is 1.60. The van der Waals surface area contributed by atoms with E-state index in [2.05, 4.69) is 10.1 Å². The summed E-state index contributed by atoms with van der Waals surface area (Å²) in [7, 11) is 1.58. The quantitative estimate of drug-likeness (QED) is 0.594. The van der Waals surface area contributed by atoms with Gasteiger partial charge in [0.1, 0.15) is 18.0 Å². The van der Waals surface area contributed by atoms with E-state index >= 15 is 0 Å². The Hall–Kier alpha value is -3.35. The van der Waals surface area contributed by atoms with E-state index in [-0.39, 0.29) is 19.1 Å². The molecule has 0 aliphatic carbocycles. The number of carbonyl (C=O) groups is 1. The van der Waals surface area contributed by atoms with Crippen molar-refractivity contribution in [1.29, 1.82) is 0 Å². The molecule has 0 saturated heterocycles. The second-order valence-electron chi connectivity index (χ2n) is 6.25. The number of carbonyl (C=O) groups excluding carboxylic acids is 1. The number of hydrogen-bond acceptors (Lipinski definition) is 6. The zero-order valence-electron chi connectivity index (χ0n) is 16.2. The van der Waals surface area contributed by atoms with E-state index in [0.29, 0.717) is 29.8 Å². The summed E-state index contributed by atoms with van der Waals surface area (Å²) in [5.74, 6) is 1.97. The number of amides is 1. The van der Waals surface area contributed by atoms with Crippen molar-refractivity contribution < 1.29 is 18.8 Å². The molecule has 0 N–H and O–H groups in total. The third-order valence-electron chi connectivity index (χ3n) is 4.24. The Morgan fingerprint density at radius 3 is 2.61 bits per heavy atom. The van der Waals surface area contributed by atoms with Gasteiger partial charge in [0.05, 0.1) is 7.11 Å². The molecule has 0 unspecified atom stereocenters. The fourth-order valence-electron chi connectivity index (χ4n) is 2.61. The van der Waals surface area contributed by atoms with Gasteiger partial charge in [-0.1, -0.05) is 41.1 Å². The van der Waals surface area contributed by atoms with Crippen LogP contribution < -0.4 is 9.47 Å². The minimum absolute atomic E-state index is 0.0834. The SMILES string of the molecule is CCN(Cc1nc(-c2ccc(C)cc2)no1)C(=O)COc1cccc(OC)c1. The smallest absolute Gasteiger partial charge is 0.260 e. The second kappa shape index (κ2) is 9.03. The summed E-state index contributed by atoms with van der Waals surface area (Å²) in [6.45, 7) is 4.56. The van der Waals surface area contributed by atoms with Crippen LogP contribution in [0.2, 0.25) is 0 Å². The lowest BCUT2D eigenvalue weighted by atomic mass is 10.1. The number of benzene rings is 2. The molecule has 1 aromatic heterocycles. The monoisotopic (exact) mass is 381 g/mol. The van der Waals surface area contributed by atoms with Crippen LogP contribution in [0.4, 0.5) is 0 Å². The molecule has 0 spiro atoms. The first kappa shape index (κ1) is 19.4. The molecule has 0 bridgehead atoms. The summed E-state index contributed by atoms with van der Waals surface area (Å²) in [5.41, 5.74) is 2.03. The average molecular weight is 381 g/mol. The lowest BCUT2D eigenvalue weighted by molar-refractivity contribution is -0.134. The highest BCUT2D eigenvalue weighted by atomic mass is 16.5. The summed E-state index contributed by atoms with van der Waals surface area (Å²) in [6.07, 6.45) is 0. The van der Waals surface area contributed by atoms with Crippen LogP contribution in [0.25, 0.3) is 11.4 Å². The maximum atomic E-state index is 12.5. The first-order valence-corrected chi connectivity index (χ1v) is 9.03. The molecule has 146 valence electrons. The maximum Gasteiger partial charge on any atom is 0.260 e. The van der Waals surface area contributed by atoms with Gasteiger partial charge < -0.3 is 18.9 Å². The van der Waals surface area contributed by atoms with Crippen molar-refractivity contribution in [3.05, 3.63) is 60.0 Å². The van der Waals surface area contributed by atoms with Gasteiger partial charge in [0.2, 0.25) is 11.7 Å². The lowest BCUT2D eigenvalue weighted by Gasteiger charge is -2.19. The first-order valence-electron chi connectivity index (χ1n) is 9.03. The van der Waals surface area contributed by atoms with Gasteiger partial charge in [0.15, 0.2) is 6.61 Å². The van der Waals surface area contributed by atoms with Crippen molar-refractivity contribution in [3.63, 3.8) is 0 Å². The van der Waals surface area contributed by atoms with Crippen LogP contribution in [-0.2, 0) is 11.3 Å². The van der Waals surface area contributed by atoms with E-state index in [1.807, 2.05) is 44.2 Å². The molecule has 3 aromatic rings. The van der Waals surface area contributed by atoms with Crippen LogP contribution >= 0.6 is 0 Å². The summed E-state index contributed by atoms with van der Waals surface area (Å²) < 4.78 is 16.0. The van der Waals surface area contributed by atoms with Gasteiger partial charge in [-0.2, -0.15) is 4.98 Å². The van der Waals surface area contributed by atoms with Crippen LogP contribution in [0.15, 0.2) is 53.1 Å². The fraction of sp³-hybridized carbons (Fsp3) is 0.286. The number of aryl methyl sites for hydroxylation is 1. The summed E-state index contributed by atoms with van der Waals surface area (Å²) in [4.78, 5) is 18.5. The highest BCUT2D eigenvalue weighted by Gasteiger charge is 2.17. The Morgan fingerprint density at radius 1 is 1.14 bits per heavy atom. The zero-order valence-corrected chi connectivity index (χ0v) is 16.2. The molecular formula is C21H23N3O4. The van der Waals surface area contributed by atoms with Crippen molar-refractivity contribution in [1.82, 2.24) is 15.0 Å². The third kappa shape index (κ3) is 4.88. The Kier molecular flexibility index (Phi) is 6.26. The van der Waals surface area contributed by atoms with Gasteiger partial charge in [0, 0.05) is 18.2 Å². The van der Waals surface area contributed by atoms with Crippen LogP contribution in [0.3, 0.4) is 0 Å². The summed E-state index contributed by atoms with van der Waals surface area (Å²) >= 11 is 0. The van der Waals surface area contributed by atoms with Gasteiger partial charge in [-0.15, -0.1) is 0 Å². The number of hydrogen-bond donors (Lipinski definition) is 0. The van der Waals surface area contributed by atoms with Crippen molar-refractivity contribution in [2.75, 3.05) is 20.3 Å². The van der Waals surface area contributed by atoms with Crippen molar-refractivity contribution in [2.45, 2.75) is 20.4 Å². The van der Waals surface area contributed by atoms with E-state index in [0.717, 1.165) is 11.1 Å². The van der Waals surface area contributed by atoms with Gasteiger partial charge in [-0.05, 0) is 26.0 Å². The molecule has 0 aliphatic heterocycles. The van der Waals surface area contributed by atoms with E-state index in [1.165, 1.54) is 0 Å². The number of ether oxygens (including phenoxy) is 2. The number of rotatable bonds is 8. The van der Waals surface area contributed by atoms with Crippen molar-refractivity contribution in [2.24, 2.45) is 0 Å². The molecule has 0 fully saturated rings. The molecular weight excluding hydrogens is 358 g/mol. The number of aromatic nitrogens is 2. The van der Waals surface area contributed by atoms with E-state index in [1.54, 1.807) is 30.2 Å². The molecule has 0 saturated carbocycles. The average Bonchev–Trinajstić information content (AvgIpc) is 3.19. The maximum absolute atomic E-state index is 12.5. The molecule has 0 aliphatic rings. The summed E-state index contributed by atoms with van der Waals surface area (Å²) in [6, 6.07) is 15.0. The lowest BCUT2D eigenvalue weighted by Crippen LogP contribution is -2.34. The molecule has 0 radical (unpaired) electrons. The van der Waals surface area contributed by atoms with Crippen molar-refractivity contribution >= 4 is 5.91 Å². The zero-order chi connectivity index (χ0) is 19.9. The predicted octanol–water partition coefficient (Wildman–Crippen LogP) is 3.48. The minimum Gasteiger partial charge on any atom is -0.497 e. The Bertz CT molecular complexity index is 921. The molecule has 1 heterocycles. The second-order valence-corrected chi connectivity index (χ2v) is 6.25. The highest BCUT2D eigenvalue weighted by molar-refractivity contribution is 5.77. The molecule has 28 heavy (non-hydrogen) atoms. The Labute approximate surface area is 163 Å². The van der Waals surface area contributed by atoms with E-state index in [9.17, 15) is 4.79 Å². The van der Waals surface area contributed by atoms with Gasteiger partial charge >= 0.3 is 0 Å². The first-order chi connectivity index (χ1) is 13.6. The van der Waals surface area contributed by atoms with Crippen molar-refractivity contribution in [3.8, 4) is 22.9 Å². The van der Waals surface area contributed by atoms with Gasteiger partial charge in [-0.25, -0.2) is 0 Å². The van der Waals surface area contributed by atoms with Gasteiger partial charge in [-0.3, -0.25) is 4.79 Å². The van der Waals surface area contributed by atoms with Crippen LogP contribution in [0, 0.1) is 6.92 Å². The standard InChI is InChI=1S/C21H23N3O4/c1-4-24(20(25)14-27-18-7-5-6-17(12-18)26-3)13-19-22-21(23-28-19)16-10-8-15(2)9-11-16/h5-12H,4,13-14H2,1-3H3. The summed E-state index contributed by atoms with van der Waals surface area (Å²) in [5, 5.41) is 4.01. The largest absolute Gasteiger partial charge is 0.497 e. The molecule has 3 rings (SSSR count). The van der Waals surface area contributed by atoms with Gasteiger partial charge in [0.25, 0.3) is 5.91 Å².